The number of piperazine rings is 1. The minimum Gasteiger partial charge on any atom is -0.395 e. The summed E-state index contributed by atoms with van der Waals surface area (Å²) in [6.45, 7) is 6.94. The SMILES string of the molecule is OCCN1CCN(C[C@@H](O)COCCC23CC4CC(CC(C4)C2)C3)CC1. The van der Waals surface area contributed by atoms with Crippen LogP contribution in [0.3, 0.4) is 0 Å². The normalized spacial score (nSPS) is 38.8. The average molecular weight is 367 g/mol. The molecule has 5 fully saturated rings. The van der Waals surface area contributed by atoms with Gasteiger partial charge in [-0.15, -0.1) is 0 Å². The van der Waals surface area contributed by atoms with Crippen molar-refractivity contribution in [3.8, 4) is 0 Å². The van der Waals surface area contributed by atoms with Gasteiger partial charge in [-0.2, -0.15) is 0 Å². The Balaban J connectivity index is 1.11. The minimum absolute atomic E-state index is 0.236. The number of β-amino-alcohol motifs (C(OH)–C–C–N with tert-alkyl or cyclic N) is 2. The van der Waals surface area contributed by atoms with Gasteiger partial charge >= 0.3 is 0 Å². The molecule has 5 nitrogen and oxygen atoms in total. The molecular formula is C21H38N2O3. The van der Waals surface area contributed by atoms with Crippen molar-refractivity contribution in [2.24, 2.45) is 23.2 Å². The van der Waals surface area contributed by atoms with Crippen molar-refractivity contribution in [1.82, 2.24) is 9.80 Å². The minimum atomic E-state index is -0.379. The first-order valence-corrected chi connectivity index (χ1v) is 11.0. The summed E-state index contributed by atoms with van der Waals surface area (Å²) in [7, 11) is 0. The van der Waals surface area contributed by atoms with E-state index in [1.54, 1.807) is 0 Å². The molecule has 0 aromatic carbocycles. The summed E-state index contributed by atoms with van der Waals surface area (Å²) in [4.78, 5) is 4.60. The Bertz CT molecular complexity index is 415. The van der Waals surface area contributed by atoms with Gasteiger partial charge in [-0.25, -0.2) is 0 Å². The Hall–Kier alpha value is -0.200. The van der Waals surface area contributed by atoms with Crippen molar-refractivity contribution in [2.75, 3.05) is 59.1 Å². The van der Waals surface area contributed by atoms with Gasteiger partial charge in [0.15, 0.2) is 0 Å². The number of hydrogen-bond donors (Lipinski definition) is 2. The molecule has 150 valence electrons. The molecular weight excluding hydrogens is 328 g/mol. The van der Waals surface area contributed by atoms with Crippen molar-refractivity contribution in [3.63, 3.8) is 0 Å². The van der Waals surface area contributed by atoms with Gasteiger partial charge in [-0.05, 0) is 68.1 Å². The van der Waals surface area contributed by atoms with Crippen LogP contribution in [0.4, 0.5) is 0 Å². The highest BCUT2D eigenvalue weighted by Crippen LogP contribution is 2.61. The lowest BCUT2D eigenvalue weighted by Crippen LogP contribution is -2.49. The molecule has 4 bridgehead atoms. The van der Waals surface area contributed by atoms with Crippen molar-refractivity contribution in [2.45, 2.75) is 51.0 Å². The van der Waals surface area contributed by atoms with Crippen LogP contribution in [0.25, 0.3) is 0 Å². The van der Waals surface area contributed by atoms with E-state index in [1.165, 1.54) is 44.9 Å². The van der Waals surface area contributed by atoms with Crippen LogP contribution in [0.1, 0.15) is 44.9 Å². The second-order valence-electron chi connectivity index (χ2n) is 9.76. The largest absolute Gasteiger partial charge is 0.395 e. The molecule has 4 aliphatic carbocycles. The molecule has 0 spiro atoms. The topological polar surface area (TPSA) is 56.2 Å². The number of nitrogens with zero attached hydrogens (tertiary/aromatic N) is 2. The first-order valence-electron chi connectivity index (χ1n) is 11.0. The maximum atomic E-state index is 10.3. The van der Waals surface area contributed by atoms with Crippen LogP contribution in [0, 0.1) is 23.2 Å². The fraction of sp³-hybridized carbons (Fsp3) is 1.00. The monoisotopic (exact) mass is 366 g/mol. The van der Waals surface area contributed by atoms with Crippen LogP contribution in [-0.4, -0.2) is 85.2 Å². The first-order chi connectivity index (χ1) is 12.6. The van der Waals surface area contributed by atoms with E-state index in [-0.39, 0.29) is 12.7 Å². The predicted molar refractivity (Wildman–Crippen MR) is 102 cm³/mol. The molecule has 5 aliphatic rings. The lowest BCUT2D eigenvalue weighted by Gasteiger charge is -2.57. The molecule has 26 heavy (non-hydrogen) atoms. The van der Waals surface area contributed by atoms with E-state index < -0.39 is 0 Å². The zero-order chi connectivity index (χ0) is 18.0. The molecule has 2 N–H and O–H groups in total. The summed E-state index contributed by atoms with van der Waals surface area (Å²) in [5.41, 5.74) is 0.586. The summed E-state index contributed by atoms with van der Waals surface area (Å²) in [5.74, 6) is 3.03. The van der Waals surface area contributed by atoms with E-state index in [2.05, 4.69) is 9.80 Å². The number of ether oxygens (including phenoxy) is 1. The van der Waals surface area contributed by atoms with Gasteiger partial charge in [-0.1, -0.05) is 0 Å². The van der Waals surface area contributed by atoms with Crippen molar-refractivity contribution in [3.05, 3.63) is 0 Å². The molecule has 5 rings (SSSR count). The summed E-state index contributed by atoms with van der Waals surface area (Å²) in [6.07, 6.45) is 9.69. The fourth-order valence-electron chi connectivity index (χ4n) is 6.79. The maximum Gasteiger partial charge on any atom is 0.0900 e. The predicted octanol–water partition coefficient (Wildman–Crippen LogP) is 1.58. The molecule has 0 aromatic heterocycles. The van der Waals surface area contributed by atoms with E-state index in [1.807, 2.05) is 0 Å². The fourth-order valence-corrected chi connectivity index (χ4v) is 6.79. The molecule has 1 saturated heterocycles. The molecule has 0 radical (unpaired) electrons. The van der Waals surface area contributed by atoms with Crippen LogP contribution in [0.2, 0.25) is 0 Å². The van der Waals surface area contributed by atoms with E-state index in [0.717, 1.165) is 57.1 Å². The Kier molecular flexibility index (Phi) is 6.21. The van der Waals surface area contributed by atoms with E-state index in [0.29, 0.717) is 18.6 Å². The third-order valence-corrected chi connectivity index (χ3v) is 7.60. The molecule has 1 aliphatic heterocycles. The summed E-state index contributed by atoms with van der Waals surface area (Å²) >= 11 is 0. The summed E-state index contributed by atoms with van der Waals surface area (Å²) in [5, 5.41) is 19.3. The second kappa shape index (κ2) is 8.44. The Morgan fingerprint density at radius 1 is 0.923 bits per heavy atom. The third kappa shape index (κ3) is 4.61. The highest BCUT2D eigenvalue weighted by atomic mass is 16.5. The van der Waals surface area contributed by atoms with Gasteiger partial charge in [0, 0.05) is 45.9 Å². The van der Waals surface area contributed by atoms with Crippen molar-refractivity contribution >= 4 is 0 Å². The molecule has 5 heteroatoms. The van der Waals surface area contributed by atoms with Gasteiger partial charge in [0.05, 0.1) is 19.3 Å². The standard InChI is InChI=1S/C21H38N2O3/c24-7-6-22-2-4-23(5-3-22)15-20(25)16-26-8-1-21-12-17-9-18(13-21)11-19(10-17)14-21/h17-20,24-25H,1-16H2/t17?,18?,19?,20-,21?/m1/s1. The zero-order valence-electron chi connectivity index (χ0n) is 16.3. The molecule has 1 heterocycles. The van der Waals surface area contributed by atoms with Crippen LogP contribution >= 0.6 is 0 Å². The zero-order valence-corrected chi connectivity index (χ0v) is 16.3. The van der Waals surface area contributed by atoms with E-state index in [4.69, 9.17) is 9.84 Å². The summed E-state index contributed by atoms with van der Waals surface area (Å²) < 4.78 is 5.92. The van der Waals surface area contributed by atoms with Crippen molar-refractivity contribution < 1.29 is 14.9 Å². The van der Waals surface area contributed by atoms with Crippen LogP contribution < -0.4 is 0 Å². The highest BCUT2D eigenvalue weighted by molar-refractivity contribution is 5.01. The molecule has 4 saturated carbocycles. The van der Waals surface area contributed by atoms with Gasteiger partial charge in [0.2, 0.25) is 0 Å². The summed E-state index contributed by atoms with van der Waals surface area (Å²) in [6, 6.07) is 0. The quantitative estimate of drug-likeness (QED) is 0.607. The van der Waals surface area contributed by atoms with Gasteiger partial charge in [-0.3, -0.25) is 9.80 Å². The van der Waals surface area contributed by atoms with Crippen LogP contribution in [0.5, 0.6) is 0 Å². The Morgan fingerprint density at radius 2 is 1.50 bits per heavy atom. The maximum absolute atomic E-state index is 10.3. The molecule has 1 atom stereocenters. The van der Waals surface area contributed by atoms with E-state index in [9.17, 15) is 5.11 Å². The molecule has 0 amide bonds. The van der Waals surface area contributed by atoms with Crippen molar-refractivity contribution in [1.29, 1.82) is 0 Å². The lowest BCUT2D eigenvalue weighted by molar-refractivity contribution is -0.0744. The van der Waals surface area contributed by atoms with Crippen LogP contribution in [-0.2, 0) is 4.74 Å². The van der Waals surface area contributed by atoms with Gasteiger partial charge in [0.1, 0.15) is 0 Å². The number of aliphatic hydroxyl groups is 2. The highest BCUT2D eigenvalue weighted by Gasteiger charge is 2.50. The average Bonchev–Trinajstić information content (AvgIpc) is 2.60. The van der Waals surface area contributed by atoms with Crippen LogP contribution in [0.15, 0.2) is 0 Å². The molecule has 0 unspecified atom stereocenters. The Labute approximate surface area is 158 Å². The molecule has 0 aromatic rings. The van der Waals surface area contributed by atoms with Gasteiger partial charge < -0.3 is 14.9 Å². The smallest absolute Gasteiger partial charge is 0.0900 e. The third-order valence-electron chi connectivity index (χ3n) is 7.60. The number of rotatable bonds is 9. The first kappa shape index (κ1) is 19.1. The van der Waals surface area contributed by atoms with Gasteiger partial charge in [0.25, 0.3) is 0 Å². The number of hydrogen-bond acceptors (Lipinski definition) is 5. The lowest BCUT2D eigenvalue weighted by atomic mass is 9.49. The van der Waals surface area contributed by atoms with E-state index >= 15 is 0 Å². The number of aliphatic hydroxyl groups excluding tert-OH is 2. The second-order valence-corrected chi connectivity index (χ2v) is 9.76. The Morgan fingerprint density at radius 3 is 2.08 bits per heavy atom.